The number of esters is 1. The zero-order valence-corrected chi connectivity index (χ0v) is 14.9. The lowest BCUT2D eigenvalue weighted by atomic mass is 10.2. The Hall–Kier alpha value is -3.75. The van der Waals surface area contributed by atoms with E-state index in [0.29, 0.717) is 35.9 Å². The summed E-state index contributed by atoms with van der Waals surface area (Å²) < 4.78 is 15.6. The molecule has 0 saturated carbocycles. The molecule has 2 N–H and O–H groups in total. The summed E-state index contributed by atoms with van der Waals surface area (Å²) in [5.41, 5.74) is 6.11. The zero-order valence-electron chi connectivity index (χ0n) is 14.9. The van der Waals surface area contributed by atoms with Gasteiger partial charge in [-0.05, 0) is 36.8 Å². The highest BCUT2D eigenvalue weighted by molar-refractivity contribution is 5.89. The van der Waals surface area contributed by atoms with Crippen LogP contribution in [0.4, 0.5) is 0 Å². The van der Waals surface area contributed by atoms with E-state index < -0.39 is 11.9 Å². The van der Waals surface area contributed by atoms with Crippen LogP contribution in [-0.2, 0) is 16.0 Å². The van der Waals surface area contributed by atoms with Gasteiger partial charge < -0.3 is 19.7 Å². The van der Waals surface area contributed by atoms with Gasteiger partial charge in [0.2, 0.25) is 11.7 Å². The molecule has 144 valence electrons. The van der Waals surface area contributed by atoms with Gasteiger partial charge in [0.1, 0.15) is 5.75 Å². The molecular weight excluding hydrogens is 364 g/mol. The molecule has 0 unspecified atom stereocenters. The molecule has 9 nitrogen and oxygen atoms in total. The first kappa shape index (κ1) is 19.0. The summed E-state index contributed by atoms with van der Waals surface area (Å²) in [6, 6.07) is 9.96. The largest absolute Gasteiger partial charge is 0.484 e. The second-order valence-electron chi connectivity index (χ2n) is 5.78. The minimum absolute atomic E-state index is 0.190. The molecule has 0 aliphatic rings. The van der Waals surface area contributed by atoms with Gasteiger partial charge in [-0.1, -0.05) is 11.2 Å². The number of ether oxygens (including phenoxy) is 2. The maximum atomic E-state index is 12.1. The van der Waals surface area contributed by atoms with Crippen molar-refractivity contribution in [1.29, 1.82) is 0 Å². The van der Waals surface area contributed by atoms with Crippen molar-refractivity contribution in [3.05, 3.63) is 60.2 Å². The fourth-order valence-electron chi connectivity index (χ4n) is 2.31. The molecule has 3 rings (SSSR count). The Balaban J connectivity index is 1.45. The lowest BCUT2D eigenvalue weighted by Gasteiger charge is -2.07. The average Bonchev–Trinajstić information content (AvgIpc) is 3.19. The van der Waals surface area contributed by atoms with Gasteiger partial charge in [-0.25, -0.2) is 4.79 Å². The van der Waals surface area contributed by atoms with Crippen molar-refractivity contribution in [2.24, 2.45) is 5.73 Å². The Morgan fingerprint density at radius 3 is 2.86 bits per heavy atom. The van der Waals surface area contributed by atoms with E-state index in [-0.39, 0.29) is 13.2 Å². The number of hydrogen-bond donors (Lipinski definition) is 1. The highest BCUT2D eigenvalue weighted by Crippen LogP contribution is 2.16. The molecule has 0 spiro atoms. The van der Waals surface area contributed by atoms with E-state index >= 15 is 0 Å². The number of rotatable bonds is 9. The van der Waals surface area contributed by atoms with Crippen molar-refractivity contribution in [3.63, 3.8) is 0 Å². The van der Waals surface area contributed by atoms with Crippen LogP contribution in [0.1, 0.15) is 22.7 Å². The number of aryl methyl sites for hydroxylation is 1. The first-order chi connectivity index (χ1) is 13.6. The topological polar surface area (TPSA) is 130 Å². The number of benzene rings is 1. The number of amides is 1. The summed E-state index contributed by atoms with van der Waals surface area (Å²) in [5.74, 6) is 0.193. The van der Waals surface area contributed by atoms with Crippen molar-refractivity contribution < 1.29 is 23.6 Å². The van der Waals surface area contributed by atoms with Gasteiger partial charge in [-0.15, -0.1) is 0 Å². The smallest absolute Gasteiger partial charge is 0.338 e. The molecule has 0 radical (unpaired) electrons. The standard InChI is InChI=1S/C19H18N4O5/c20-16(24)12-27-15-6-1-4-13(10-15)19(25)26-9-3-7-17-22-18(23-28-17)14-5-2-8-21-11-14/h1-2,4-6,8,10-11H,3,7,9,12H2,(H2,20,24). The fourth-order valence-corrected chi connectivity index (χ4v) is 2.31. The van der Waals surface area contributed by atoms with Crippen molar-refractivity contribution in [2.75, 3.05) is 13.2 Å². The van der Waals surface area contributed by atoms with E-state index in [0.717, 1.165) is 5.56 Å². The molecule has 0 bridgehead atoms. The van der Waals surface area contributed by atoms with Gasteiger partial charge >= 0.3 is 5.97 Å². The Kier molecular flexibility index (Phi) is 6.29. The zero-order chi connectivity index (χ0) is 19.8. The van der Waals surface area contributed by atoms with Gasteiger partial charge in [-0.3, -0.25) is 9.78 Å². The summed E-state index contributed by atoms with van der Waals surface area (Å²) in [5, 5.41) is 3.91. The second kappa shape index (κ2) is 9.26. The Bertz CT molecular complexity index is 942. The maximum absolute atomic E-state index is 12.1. The molecular formula is C19H18N4O5. The van der Waals surface area contributed by atoms with E-state index in [1.807, 2.05) is 6.07 Å². The van der Waals surface area contributed by atoms with E-state index in [1.54, 1.807) is 36.7 Å². The molecule has 0 aliphatic heterocycles. The summed E-state index contributed by atoms with van der Waals surface area (Å²) in [6.45, 7) is -0.0699. The number of pyridine rings is 1. The van der Waals surface area contributed by atoms with Crippen molar-refractivity contribution in [3.8, 4) is 17.1 Å². The lowest BCUT2D eigenvalue weighted by molar-refractivity contribution is -0.119. The molecule has 9 heteroatoms. The van der Waals surface area contributed by atoms with Crippen molar-refractivity contribution in [2.45, 2.75) is 12.8 Å². The first-order valence-corrected chi connectivity index (χ1v) is 8.53. The Morgan fingerprint density at radius 1 is 1.18 bits per heavy atom. The molecule has 1 aromatic carbocycles. The van der Waals surface area contributed by atoms with E-state index in [1.165, 1.54) is 6.07 Å². The number of nitrogens with zero attached hydrogens (tertiary/aromatic N) is 3. The molecule has 0 fully saturated rings. The van der Waals surface area contributed by atoms with E-state index in [9.17, 15) is 9.59 Å². The molecule has 0 atom stereocenters. The molecule has 28 heavy (non-hydrogen) atoms. The van der Waals surface area contributed by atoms with Crippen molar-refractivity contribution >= 4 is 11.9 Å². The Morgan fingerprint density at radius 2 is 2.07 bits per heavy atom. The lowest BCUT2D eigenvalue weighted by Crippen LogP contribution is -2.20. The summed E-state index contributed by atoms with van der Waals surface area (Å²) >= 11 is 0. The van der Waals surface area contributed by atoms with Crippen molar-refractivity contribution in [1.82, 2.24) is 15.1 Å². The van der Waals surface area contributed by atoms with E-state index in [4.69, 9.17) is 19.7 Å². The van der Waals surface area contributed by atoms with Gasteiger partial charge in [-0.2, -0.15) is 4.98 Å². The number of nitrogens with two attached hydrogens (primary N) is 1. The van der Waals surface area contributed by atoms with Crippen LogP contribution in [0, 0.1) is 0 Å². The van der Waals surface area contributed by atoms with Gasteiger partial charge in [0.05, 0.1) is 12.2 Å². The van der Waals surface area contributed by atoms with Crippen LogP contribution in [0.3, 0.4) is 0 Å². The number of hydrogen-bond acceptors (Lipinski definition) is 8. The predicted molar refractivity (Wildman–Crippen MR) is 97.3 cm³/mol. The number of aromatic nitrogens is 3. The van der Waals surface area contributed by atoms with Crippen LogP contribution in [-0.4, -0.2) is 40.2 Å². The van der Waals surface area contributed by atoms with Crippen LogP contribution in [0.25, 0.3) is 11.4 Å². The van der Waals surface area contributed by atoms with Gasteiger partial charge in [0.25, 0.3) is 5.91 Å². The molecule has 2 aromatic heterocycles. The Labute approximate surface area is 160 Å². The van der Waals surface area contributed by atoms with Crippen LogP contribution < -0.4 is 10.5 Å². The number of carbonyl (C=O) groups is 2. The monoisotopic (exact) mass is 382 g/mol. The molecule has 0 saturated heterocycles. The molecule has 0 aliphatic carbocycles. The normalized spacial score (nSPS) is 10.4. The highest BCUT2D eigenvalue weighted by atomic mass is 16.5. The predicted octanol–water partition coefficient (Wildman–Crippen LogP) is 1.79. The maximum Gasteiger partial charge on any atom is 0.338 e. The van der Waals surface area contributed by atoms with E-state index in [2.05, 4.69) is 15.1 Å². The average molecular weight is 382 g/mol. The quantitative estimate of drug-likeness (QED) is 0.438. The first-order valence-electron chi connectivity index (χ1n) is 8.53. The SMILES string of the molecule is NC(=O)COc1cccc(C(=O)OCCCc2nc(-c3cccnc3)no2)c1. The molecule has 3 aromatic rings. The third kappa shape index (κ3) is 5.37. The summed E-state index contributed by atoms with van der Waals surface area (Å²) in [7, 11) is 0. The minimum Gasteiger partial charge on any atom is -0.484 e. The third-order valence-corrected chi connectivity index (χ3v) is 3.61. The summed E-state index contributed by atoms with van der Waals surface area (Å²) in [4.78, 5) is 31.2. The van der Waals surface area contributed by atoms with Crippen LogP contribution in [0.2, 0.25) is 0 Å². The van der Waals surface area contributed by atoms with Gasteiger partial charge in [0, 0.05) is 24.4 Å². The second-order valence-corrected chi connectivity index (χ2v) is 5.78. The molecule has 2 heterocycles. The molecule has 1 amide bonds. The van der Waals surface area contributed by atoms with Crippen LogP contribution in [0.5, 0.6) is 5.75 Å². The van der Waals surface area contributed by atoms with Crippen LogP contribution in [0.15, 0.2) is 53.3 Å². The minimum atomic E-state index is -0.597. The van der Waals surface area contributed by atoms with Crippen LogP contribution >= 0.6 is 0 Å². The fraction of sp³-hybridized carbons (Fsp3) is 0.211. The number of primary amides is 1. The highest BCUT2D eigenvalue weighted by Gasteiger charge is 2.11. The summed E-state index contributed by atoms with van der Waals surface area (Å²) in [6.07, 6.45) is 4.32. The van der Waals surface area contributed by atoms with Gasteiger partial charge in [0.15, 0.2) is 6.61 Å². The third-order valence-electron chi connectivity index (χ3n) is 3.61. The number of carbonyl (C=O) groups excluding carboxylic acids is 2.